The van der Waals surface area contributed by atoms with Gasteiger partial charge in [0.05, 0.1) is 18.1 Å². The van der Waals surface area contributed by atoms with Crippen LogP contribution in [0.25, 0.3) is 0 Å². The maximum absolute atomic E-state index is 12.7. The average molecular weight is 487 g/mol. The van der Waals surface area contributed by atoms with Gasteiger partial charge in [0, 0.05) is 17.8 Å². The largest absolute Gasteiger partial charge is 0.372 e. The van der Waals surface area contributed by atoms with E-state index in [2.05, 4.69) is 10.0 Å². The minimum Gasteiger partial charge on any atom is -0.372 e. The lowest BCUT2D eigenvalue weighted by molar-refractivity contribution is 0.0947. The third-order valence-electron chi connectivity index (χ3n) is 5.38. The summed E-state index contributed by atoms with van der Waals surface area (Å²) < 4.78 is 33.5. The molecule has 0 radical (unpaired) electrons. The zero-order valence-corrected chi connectivity index (χ0v) is 19.9. The van der Waals surface area contributed by atoms with E-state index in [4.69, 9.17) is 4.74 Å². The molecule has 4 aromatic carbocycles. The molecule has 0 spiro atoms. The van der Waals surface area contributed by atoms with Crippen LogP contribution in [0, 0.1) is 0 Å². The molecule has 0 aliphatic heterocycles. The van der Waals surface area contributed by atoms with Gasteiger partial charge in [-0.05, 0) is 53.1 Å². The molecular formula is C28H26N2O4S. The maximum Gasteiger partial charge on any atom is 0.261 e. The van der Waals surface area contributed by atoms with Crippen molar-refractivity contribution < 1.29 is 17.9 Å². The van der Waals surface area contributed by atoms with E-state index in [9.17, 15) is 13.2 Å². The molecule has 0 aliphatic rings. The van der Waals surface area contributed by atoms with Crippen LogP contribution in [0.15, 0.2) is 114 Å². The fourth-order valence-electron chi connectivity index (χ4n) is 3.51. The Morgan fingerprint density at radius 2 is 1.29 bits per heavy atom. The Kier molecular flexibility index (Phi) is 7.92. The molecular weight excluding hydrogens is 460 g/mol. The van der Waals surface area contributed by atoms with Gasteiger partial charge >= 0.3 is 0 Å². The Morgan fingerprint density at radius 3 is 1.97 bits per heavy atom. The average Bonchev–Trinajstić information content (AvgIpc) is 2.89. The van der Waals surface area contributed by atoms with Crippen molar-refractivity contribution in [3.63, 3.8) is 0 Å². The van der Waals surface area contributed by atoms with Gasteiger partial charge in [-0.2, -0.15) is 0 Å². The highest BCUT2D eigenvalue weighted by molar-refractivity contribution is 7.92. The number of carbonyl (C=O) groups is 1. The number of sulfonamides is 1. The van der Waals surface area contributed by atoms with E-state index in [1.165, 1.54) is 24.3 Å². The summed E-state index contributed by atoms with van der Waals surface area (Å²) >= 11 is 0. The summed E-state index contributed by atoms with van der Waals surface area (Å²) in [5, 5.41) is 2.90. The molecule has 0 saturated heterocycles. The van der Waals surface area contributed by atoms with Gasteiger partial charge < -0.3 is 10.1 Å². The Labute approximate surface area is 205 Å². The Bertz CT molecular complexity index is 1360. The predicted molar refractivity (Wildman–Crippen MR) is 136 cm³/mol. The fraction of sp³-hybridized carbons (Fsp3) is 0.107. The number of nitrogens with one attached hydrogen (secondary N) is 2. The van der Waals surface area contributed by atoms with Gasteiger partial charge in [-0.3, -0.25) is 9.52 Å². The number of hydrogen-bond donors (Lipinski definition) is 2. The highest BCUT2D eigenvalue weighted by atomic mass is 32.2. The van der Waals surface area contributed by atoms with E-state index in [1.807, 2.05) is 54.6 Å². The van der Waals surface area contributed by atoms with Gasteiger partial charge in [-0.25, -0.2) is 8.42 Å². The smallest absolute Gasteiger partial charge is 0.261 e. The third kappa shape index (κ3) is 6.79. The lowest BCUT2D eigenvalue weighted by Gasteiger charge is -2.12. The molecule has 35 heavy (non-hydrogen) atoms. The summed E-state index contributed by atoms with van der Waals surface area (Å²) in [6.45, 7) is 1.27. The van der Waals surface area contributed by atoms with Crippen LogP contribution < -0.4 is 10.0 Å². The first kappa shape index (κ1) is 24.2. The van der Waals surface area contributed by atoms with Crippen molar-refractivity contribution in [1.82, 2.24) is 5.32 Å². The lowest BCUT2D eigenvalue weighted by atomic mass is 10.1. The normalized spacial score (nSPS) is 11.1. The Balaban J connectivity index is 1.34. The zero-order chi connectivity index (χ0) is 24.5. The molecule has 0 unspecified atom stereocenters. The molecule has 0 heterocycles. The van der Waals surface area contributed by atoms with E-state index in [0.29, 0.717) is 31.0 Å². The van der Waals surface area contributed by atoms with E-state index in [1.54, 1.807) is 30.3 Å². The van der Waals surface area contributed by atoms with Crippen molar-refractivity contribution in [2.75, 3.05) is 4.72 Å². The van der Waals surface area contributed by atoms with Crippen LogP contribution in [0.1, 0.15) is 27.0 Å². The van der Waals surface area contributed by atoms with E-state index in [0.717, 1.165) is 16.7 Å². The monoisotopic (exact) mass is 486 g/mol. The van der Waals surface area contributed by atoms with Crippen LogP contribution in [0.3, 0.4) is 0 Å². The number of benzene rings is 4. The highest BCUT2D eigenvalue weighted by Crippen LogP contribution is 2.17. The van der Waals surface area contributed by atoms with E-state index < -0.39 is 10.0 Å². The third-order valence-corrected chi connectivity index (χ3v) is 6.78. The molecule has 2 N–H and O–H groups in total. The number of ether oxygens (including phenoxy) is 1. The van der Waals surface area contributed by atoms with Crippen LogP contribution in [0.5, 0.6) is 0 Å². The SMILES string of the molecule is O=C(NCc1ccccc1COCc1ccccc1)c1ccc(S(=O)(=O)Nc2ccccc2)cc1. The van der Waals surface area contributed by atoms with Crippen molar-refractivity contribution in [1.29, 1.82) is 0 Å². The van der Waals surface area contributed by atoms with Crippen LogP contribution in [-0.4, -0.2) is 14.3 Å². The maximum atomic E-state index is 12.7. The predicted octanol–water partition coefficient (Wildman–Crippen LogP) is 5.13. The standard InChI is InChI=1S/C28H26N2O4S/c31-28(23-15-17-27(18-16-23)35(32,33)30-26-13-5-2-6-14-26)29-19-24-11-7-8-12-25(24)21-34-20-22-9-3-1-4-10-22/h1-18,30H,19-21H2,(H,29,31). The number of anilines is 1. The molecule has 0 aromatic heterocycles. The molecule has 6 nitrogen and oxygen atoms in total. The summed E-state index contributed by atoms with van der Waals surface area (Å²) in [5.41, 5.74) is 3.90. The second kappa shape index (κ2) is 11.5. The lowest BCUT2D eigenvalue weighted by Crippen LogP contribution is -2.23. The van der Waals surface area contributed by atoms with Crippen LogP contribution in [-0.2, 0) is 34.5 Å². The van der Waals surface area contributed by atoms with Crippen molar-refractivity contribution in [2.45, 2.75) is 24.7 Å². The van der Waals surface area contributed by atoms with Crippen molar-refractivity contribution in [3.05, 3.63) is 131 Å². The Hall–Kier alpha value is -3.94. The van der Waals surface area contributed by atoms with Gasteiger partial charge in [-0.15, -0.1) is 0 Å². The van der Waals surface area contributed by atoms with Crippen molar-refractivity contribution in [3.8, 4) is 0 Å². The number of amides is 1. The summed E-state index contributed by atoms with van der Waals surface area (Å²) in [7, 11) is -3.74. The first-order valence-electron chi connectivity index (χ1n) is 11.2. The summed E-state index contributed by atoms with van der Waals surface area (Å²) in [5.74, 6) is -0.287. The summed E-state index contributed by atoms with van der Waals surface area (Å²) in [6.07, 6.45) is 0. The van der Waals surface area contributed by atoms with Gasteiger partial charge in [0.1, 0.15) is 0 Å². The van der Waals surface area contributed by atoms with Gasteiger partial charge in [0.15, 0.2) is 0 Å². The Morgan fingerprint density at radius 1 is 0.686 bits per heavy atom. The van der Waals surface area contributed by atoms with Crippen LogP contribution in [0.4, 0.5) is 5.69 Å². The number of para-hydroxylation sites is 1. The van der Waals surface area contributed by atoms with Gasteiger partial charge in [0.2, 0.25) is 0 Å². The molecule has 0 bridgehead atoms. The van der Waals surface area contributed by atoms with Crippen molar-refractivity contribution >= 4 is 21.6 Å². The molecule has 4 rings (SSSR count). The fourth-order valence-corrected chi connectivity index (χ4v) is 4.57. The number of rotatable bonds is 10. The second-order valence-electron chi connectivity index (χ2n) is 7.93. The number of hydrogen-bond acceptors (Lipinski definition) is 4. The van der Waals surface area contributed by atoms with Gasteiger partial charge in [0.25, 0.3) is 15.9 Å². The van der Waals surface area contributed by atoms with Gasteiger partial charge in [-0.1, -0.05) is 72.8 Å². The highest BCUT2D eigenvalue weighted by Gasteiger charge is 2.15. The molecule has 0 fully saturated rings. The quantitative estimate of drug-likeness (QED) is 0.325. The van der Waals surface area contributed by atoms with E-state index in [-0.39, 0.29) is 10.8 Å². The first-order valence-corrected chi connectivity index (χ1v) is 12.6. The minimum absolute atomic E-state index is 0.0822. The van der Waals surface area contributed by atoms with E-state index >= 15 is 0 Å². The van der Waals surface area contributed by atoms with Crippen LogP contribution in [0.2, 0.25) is 0 Å². The minimum atomic E-state index is -3.74. The molecule has 0 aliphatic carbocycles. The molecule has 0 atom stereocenters. The summed E-state index contributed by atoms with van der Waals surface area (Å²) in [4.78, 5) is 12.8. The van der Waals surface area contributed by atoms with Crippen LogP contribution >= 0.6 is 0 Å². The first-order chi connectivity index (χ1) is 17.0. The topological polar surface area (TPSA) is 84.5 Å². The molecule has 4 aromatic rings. The number of carbonyl (C=O) groups excluding carboxylic acids is 1. The van der Waals surface area contributed by atoms with Crippen molar-refractivity contribution in [2.24, 2.45) is 0 Å². The molecule has 7 heteroatoms. The molecule has 1 amide bonds. The molecule has 0 saturated carbocycles. The molecule has 178 valence electrons. The zero-order valence-electron chi connectivity index (χ0n) is 19.1. The second-order valence-corrected chi connectivity index (χ2v) is 9.61. The summed E-state index contributed by atoms with van der Waals surface area (Å²) in [6, 6.07) is 32.2.